The fraction of sp³-hybridized carbons (Fsp3) is 0. The van der Waals surface area contributed by atoms with Crippen molar-refractivity contribution in [3.05, 3.63) is 36.7 Å². The SMILES string of the molecule is Sc1nc2ccccc2[nH]1.c1c[nH]nn1. The molecule has 0 aliphatic rings. The maximum absolute atomic E-state index is 4.12. The number of hydrogen-bond donors (Lipinski definition) is 3. The molecule has 0 saturated carbocycles. The van der Waals surface area contributed by atoms with Gasteiger partial charge in [-0.15, -0.1) is 17.7 Å². The van der Waals surface area contributed by atoms with E-state index < -0.39 is 0 Å². The number of thiol groups is 1. The normalized spacial score (nSPS) is 9.67. The number of nitrogens with one attached hydrogen (secondary N) is 2. The first-order valence-electron chi connectivity index (χ1n) is 4.30. The number of aromatic amines is 2. The van der Waals surface area contributed by atoms with Crippen LogP contribution in [0.3, 0.4) is 0 Å². The van der Waals surface area contributed by atoms with Gasteiger partial charge >= 0.3 is 0 Å². The predicted octanol–water partition coefficient (Wildman–Crippen LogP) is 1.66. The number of hydrogen-bond acceptors (Lipinski definition) is 4. The summed E-state index contributed by atoms with van der Waals surface area (Å²) in [6.07, 6.45) is 3.24. The molecular weight excluding hydrogens is 210 g/mol. The third-order valence-corrected chi connectivity index (χ3v) is 1.92. The molecule has 0 fully saturated rings. The van der Waals surface area contributed by atoms with Crippen LogP contribution in [0.1, 0.15) is 0 Å². The Morgan fingerprint density at radius 1 is 1.20 bits per heavy atom. The van der Waals surface area contributed by atoms with Gasteiger partial charge in [0.05, 0.1) is 17.2 Å². The lowest BCUT2D eigenvalue weighted by atomic mass is 10.3. The smallest absolute Gasteiger partial charge is 0.163 e. The van der Waals surface area contributed by atoms with Crippen LogP contribution in [-0.4, -0.2) is 25.4 Å². The van der Waals surface area contributed by atoms with E-state index in [1.54, 1.807) is 12.4 Å². The fourth-order valence-corrected chi connectivity index (χ4v) is 1.33. The zero-order valence-electron chi connectivity index (χ0n) is 7.75. The number of para-hydroxylation sites is 2. The van der Waals surface area contributed by atoms with Gasteiger partial charge in [-0.2, -0.15) is 0 Å². The molecule has 15 heavy (non-hydrogen) atoms. The minimum atomic E-state index is 0.668. The van der Waals surface area contributed by atoms with Crippen LogP contribution in [0.5, 0.6) is 0 Å². The van der Waals surface area contributed by atoms with Crippen molar-refractivity contribution in [3.8, 4) is 0 Å². The molecule has 3 aromatic rings. The zero-order chi connectivity index (χ0) is 10.5. The van der Waals surface area contributed by atoms with Crippen molar-refractivity contribution in [2.45, 2.75) is 5.16 Å². The summed E-state index contributed by atoms with van der Waals surface area (Å²) in [7, 11) is 0. The van der Waals surface area contributed by atoms with Crippen LogP contribution in [0.4, 0.5) is 0 Å². The average Bonchev–Trinajstić information content (AvgIpc) is 2.87. The van der Waals surface area contributed by atoms with E-state index in [1.807, 2.05) is 24.3 Å². The first-order chi connectivity index (χ1) is 7.36. The number of fused-ring (bicyclic) bond motifs is 1. The van der Waals surface area contributed by atoms with Crippen LogP contribution in [-0.2, 0) is 0 Å². The molecule has 6 heteroatoms. The van der Waals surface area contributed by atoms with Gasteiger partial charge in [0.1, 0.15) is 0 Å². The molecule has 5 nitrogen and oxygen atoms in total. The van der Waals surface area contributed by atoms with Crippen LogP contribution < -0.4 is 0 Å². The van der Waals surface area contributed by atoms with E-state index in [9.17, 15) is 0 Å². The highest BCUT2D eigenvalue weighted by molar-refractivity contribution is 7.80. The van der Waals surface area contributed by atoms with Crippen molar-refractivity contribution in [2.24, 2.45) is 0 Å². The van der Waals surface area contributed by atoms with Gasteiger partial charge in [0.25, 0.3) is 0 Å². The summed E-state index contributed by atoms with van der Waals surface area (Å²) in [4.78, 5) is 7.13. The monoisotopic (exact) mass is 219 g/mol. The first-order valence-corrected chi connectivity index (χ1v) is 4.75. The first kappa shape index (κ1) is 9.72. The van der Waals surface area contributed by atoms with E-state index in [-0.39, 0.29) is 0 Å². The summed E-state index contributed by atoms with van der Waals surface area (Å²) in [6, 6.07) is 7.84. The lowest BCUT2D eigenvalue weighted by Crippen LogP contribution is -1.63. The Kier molecular flexibility index (Phi) is 2.99. The molecule has 0 atom stereocenters. The van der Waals surface area contributed by atoms with Crippen molar-refractivity contribution in [1.82, 2.24) is 25.4 Å². The van der Waals surface area contributed by atoms with E-state index in [0.29, 0.717) is 5.16 Å². The Hall–Kier alpha value is -1.82. The highest BCUT2D eigenvalue weighted by Crippen LogP contribution is 2.11. The molecule has 0 aliphatic heterocycles. The molecule has 0 amide bonds. The van der Waals surface area contributed by atoms with Gasteiger partial charge in [-0.05, 0) is 12.1 Å². The summed E-state index contributed by atoms with van der Waals surface area (Å²) in [6.45, 7) is 0. The van der Waals surface area contributed by atoms with Crippen LogP contribution in [0.25, 0.3) is 11.0 Å². The second-order valence-corrected chi connectivity index (χ2v) is 3.16. The highest BCUT2D eigenvalue weighted by Gasteiger charge is 1.94. The van der Waals surface area contributed by atoms with Crippen LogP contribution in [0, 0.1) is 0 Å². The van der Waals surface area contributed by atoms with E-state index in [4.69, 9.17) is 0 Å². The molecule has 2 N–H and O–H groups in total. The minimum Gasteiger partial charge on any atom is -0.333 e. The lowest BCUT2D eigenvalue weighted by Gasteiger charge is -1.81. The lowest BCUT2D eigenvalue weighted by molar-refractivity contribution is 0.940. The molecule has 0 aliphatic carbocycles. The maximum atomic E-state index is 4.12. The van der Waals surface area contributed by atoms with Gasteiger partial charge in [-0.25, -0.2) is 4.98 Å². The number of aromatic nitrogens is 5. The predicted molar refractivity (Wildman–Crippen MR) is 59.7 cm³/mol. The van der Waals surface area contributed by atoms with Gasteiger partial charge in [-0.1, -0.05) is 17.3 Å². The summed E-state index contributed by atoms with van der Waals surface area (Å²) in [5.41, 5.74) is 2.00. The highest BCUT2D eigenvalue weighted by atomic mass is 32.1. The molecule has 0 saturated heterocycles. The summed E-state index contributed by atoms with van der Waals surface area (Å²) >= 11 is 4.08. The molecule has 0 unspecified atom stereocenters. The van der Waals surface area contributed by atoms with E-state index in [2.05, 4.69) is 38.0 Å². The van der Waals surface area contributed by atoms with Crippen molar-refractivity contribution in [2.75, 3.05) is 0 Å². The molecule has 76 valence electrons. The van der Waals surface area contributed by atoms with Gasteiger partial charge in [0.2, 0.25) is 0 Å². The second-order valence-electron chi connectivity index (χ2n) is 2.74. The van der Waals surface area contributed by atoms with Crippen molar-refractivity contribution < 1.29 is 0 Å². The van der Waals surface area contributed by atoms with E-state index >= 15 is 0 Å². The standard InChI is InChI=1S/C7H6N2S.C2H3N3/c10-7-8-5-3-1-2-4-6(5)9-7;1-2-4-5-3-1/h1-4H,(H2,8,9,10);1-2H,(H,3,4,5). The van der Waals surface area contributed by atoms with Crippen molar-refractivity contribution in [3.63, 3.8) is 0 Å². The van der Waals surface area contributed by atoms with Crippen molar-refractivity contribution >= 4 is 23.7 Å². The number of imidazole rings is 1. The molecule has 2 heterocycles. The Bertz CT molecular complexity index is 466. The van der Waals surface area contributed by atoms with Gasteiger partial charge in [-0.3, -0.25) is 5.10 Å². The number of rotatable bonds is 0. The number of H-pyrrole nitrogens is 2. The molecule has 1 aromatic carbocycles. The quantitative estimate of drug-likeness (QED) is 0.503. The second kappa shape index (κ2) is 4.61. The van der Waals surface area contributed by atoms with Gasteiger partial charge in [0.15, 0.2) is 5.16 Å². The molecule has 0 spiro atoms. The van der Waals surface area contributed by atoms with Crippen LogP contribution >= 0.6 is 12.6 Å². The Morgan fingerprint density at radius 2 is 2.07 bits per heavy atom. The Labute approximate surface area is 91.3 Å². The zero-order valence-corrected chi connectivity index (χ0v) is 8.65. The molecule has 3 rings (SSSR count). The van der Waals surface area contributed by atoms with Crippen molar-refractivity contribution in [1.29, 1.82) is 0 Å². The van der Waals surface area contributed by atoms with Crippen LogP contribution in [0.2, 0.25) is 0 Å². The van der Waals surface area contributed by atoms with E-state index in [0.717, 1.165) is 11.0 Å². The summed E-state index contributed by atoms with van der Waals surface area (Å²) in [5.74, 6) is 0. The molecule has 0 bridgehead atoms. The van der Waals surface area contributed by atoms with Gasteiger partial charge < -0.3 is 4.98 Å². The third-order valence-electron chi connectivity index (χ3n) is 1.71. The fourth-order valence-electron chi connectivity index (χ4n) is 1.11. The van der Waals surface area contributed by atoms with Gasteiger partial charge in [0, 0.05) is 6.20 Å². The molecular formula is C9H9N5S. The molecule has 0 radical (unpaired) electrons. The van der Waals surface area contributed by atoms with E-state index in [1.165, 1.54) is 0 Å². The third kappa shape index (κ3) is 2.57. The van der Waals surface area contributed by atoms with Crippen LogP contribution in [0.15, 0.2) is 41.8 Å². The molecule has 2 aromatic heterocycles. The summed E-state index contributed by atoms with van der Waals surface area (Å²) < 4.78 is 0. The summed E-state index contributed by atoms with van der Waals surface area (Å²) in [5, 5.41) is 9.93. The number of nitrogens with zero attached hydrogens (tertiary/aromatic N) is 3. The number of benzene rings is 1. The maximum Gasteiger partial charge on any atom is 0.163 e. The topological polar surface area (TPSA) is 70.2 Å². The Morgan fingerprint density at radius 3 is 2.67 bits per heavy atom. The minimum absolute atomic E-state index is 0.668. The largest absolute Gasteiger partial charge is 0.333 e. The average molecular weight is 219 g/mol. The Balaban J connectivity index is 0.000000144.